The summed E-state index contributed by atoms with van der Waals surface area (Å²) >= 11 is 11.2. The fourth-order valence-electron chi connectivity index (χ4n) is 1.03. The molecule has 0 spiro atoms. The maximum Gasteiger partial charge on any atom is 0.345 e. The van der Waals surface area contributed by atoms with Crippen molar-refractivity contribution < 1.29 is 14.6 Å². The second kappa shape index (κ2) is 2.76. The lowest BCUT2D eigenvalue weighted by molar-refractivity contribution is -0.165. The quantitative estimate of drug-likeness (QED) is 0.484. The monoisotopic (exact) mass is 212 g/mol. The zero-order valence-corrected chi connectivity index (χ0v) is 8.32. The molecule has 0 bridgehead atoms. The molecule has 1 saturated heterocycles. The van der Waals surface area contributed by atoms with E-state index in [1.165, 1.54) is 0 Å². The van der Waals surface area contributed by atoms with Crippen molar-refractivity contribution in [2.45, 2.75) is 24.3 Å². The number of aliphatic hydroxyl groups excluding tert-OH is 1. The van der Waals surface area contributed by atoms with E-state index in [0.29, 0.717) is 0 Å². The van der Waals surface area contributed by atoms with Crippen LogP contribution in [0, 0.1) is 5.41 Å². The molecule has 1 atom stereocenters. The lowest BCUT2D eigenvalue weighted by Crippen LogP contribution is -2.55. The zero-order chi connectivity index (χ0) is 9.57. The molecule has 1 aliphatic rings. The molecule has 70 valence electrons. The fraction of sp³-hybridized carbons (Fsp3) is 0.857. The largest absolute Gasteiger partial charge is 0.463 e. The van der Waals surface area contributed by atoms with Gasteiger partial charge in [0.05, 0.1) is 6.61 Å². The molecule has 1 N–H and O–H groups in total. The van der Waals surface area contributed by atoms with Crippen LogP contribution in [-0.2, 0) is 9.53 Å². The Morgan fingerprint density at radius 3 is 2.50 bits per heavy atom. The van der Waals surface area contributed by atoms with Crippen LogP contribution in [0.1, 0.15) is 13.8 Å². The van der Waals surface area contributed by atoms with Crippen molar-refractivity contribution in [2.24, 2.45) is 5.41 Å². The van der Waals surface area contributed by atoms with E-state index in [0.717, 1.165) is 0 Å². The number of cyclic esters (lactones) is 1. The molecule has 0 aromatic rings. The van der Waals surface area contributed by atoms with E-state index >= 15 is 0 Å². The summed E-state index contributed by atoms with van der Waals surface area (Å²) in [6.45, 7) is 3.58. The van der Waals surface area contributed by atoms with Crippen LogP contribution in [0.25, 0.3) is 0 Å². The predicted molar refractivity (Wildman–Crippen MR) is 45.2 cm³/mol. The van der Waals surface area contributed by atoms with Crippen molar-refractivity contribution in [2.75, 3.05) is 6.61 Å². The number of carbonyl (C=O) groups excluding carboxylic acids is 1. The second-order valence-corrected chi connectivity index (χ2v) is 4.98. The number of halogens is 2. The van der Waals surface area contributed by atoms with Crippen LogP contribution < -0.4 is 0 Å². The van der Waals surface area contributed by atoms with E-state index in [9.17, 15) is 9.90 Å². The Hall–Kier alpha value is 0.01000. The number of aliphatic hydroxyl groups is 1. The van der Waals surface area contributed by atoms with Crippen molar-refractivity contribution in [3.63, 3.8) is 0 Å². The molecule has 0 aliphatic carbocycles. The van der Waals surface area contributed by atoms with Gasteiger partial charge in [0.15, 0.2) is 0 Å². The normalized spacial score (nSPS) is 32.8. The molecule has 12 heavy (non-hydrogen) atoms. The first kappa shape index (κ1) is 10.1. The molecular weight excluding hydrogens is 203 g/mol. The van der Waals surface area contributed by atoms with Crippen LogP contribution >= 0.6 is 23.2 Å². The molecule has 1 rings (SSSR count). The number of ether oxygens (including phenoxy) is 1. The Morgan fingerprint density at radius 1 is 1.58 bits per heavy atom. The minimum Gasteiger partial charge on any atom is -0.463 e. The van der Waals surface area contributed by atoms with Crippen molar-refractivity contribution in [3.8, 4) is 0 Å². The van der Waals surface area contributed by atoms with Gasteiger partial charge in [0.25, 0.3) is 0 Å². The lowest BCUT2D eigenvalue weighted by Gasteiger charge is -2.40. The molecule has 1 heterocycles. The zero-order valence-electron chi connectivity index (χ0n) is 6.80. The molecule has 0 aromatic carbocycles. The first-order valence-electron chi connectivity index (χ1n) is 3.51. The molecule has 5 heteroatoms. The van der Waals surface area contributed by atoms with Crippen LogP contribution in [0.4, 0.5) is 0 Å². The summed E-state index contributed by atoms with van der Waals surface area (Å²) in [6, 6.07) is 0. The number of hydrogen-bond acceptors (Lipinski definition) is 3. The predicted octanol–water partition coefficient (Wildman–Crippen LogP) is 1.10. The van der Waals surface area contributed by atoms with E-state index in [-0.39, 0.29) is 6.61 Å². The van der Waals surface area contributed by atoms with Gasteiger partial charge in [-0.2, -0.15) is 0 Å². The van der Waals surface area contributed by atoms with Crippen molar-refractivity contribution in [3.05, 3.63) is 0 Å². The number of rotatable bonds is 0. The third kappa shape index (κ3) is 1.41. The summed E-state index contributed by atoms with van der Waals surface area (Å²) in [5.41, 5.74) is -0.600. The van der Waals surface area contributed by atoms with Gasteiger partial charge >= 0.3 is 5.97 Å². The topological polar surface area (TPSA) is 46.5 Å². The maximum atomic E-state index is 11.0. The summed E-state index contributed by atoms with van der Waals surface area (Å²) in [5.74, 6) is -0.780. The van der Waals surface area contributed by atoms with E-state index in [2.05, 4.69) is 0 Å². The summed E-state index contributed by atoms with van der Waals surface area (Å²) in [4.78, 5) is 11.0. The third-order valence-electron chi connectivity index (χ3n) is 1.93. The van der Waals surface area contributed by atoms with Gasteiger partial charge < -0.3 is 9.84 Å². The van der Waals surface area contributed by atoms with Crippen LogP contribution in [0.3, 0.4) is 0 Å². The first-order valence-corrected chi connectivity index (χ1v) is 4.27. The van der Waals surface area contributed by atoms with Crippen LogP contribution in [0.2, 0.25) is 0 Å². The van der Waals surface area contributed by atoms with E-state index in [1.807, 2.05) is 0 Å². The van der Waals surface area contributed by atoms with Gasteiger partial charge in [-0.15, -0.1) is 0 Å². The highest BCUT2D eigenvalue weighted by Gasteiger charge is 2.54. The number of alkyl halides is 2. The molecule has 1 aliphatic heterocycles. The molecule has 0 aromatic heterocycles. The van der Waals surface area contributed by atoms with Crippen LogP contribution in [0.15, 0.2) is 0 Å². The maximum absolute atomic E-state index is 11.0. The minimum absolute atomic E-state index is 0.133. The highest BCUT2D eigenvalue weighted by molar-refractivity contribution is 6.58. The SMILES string of the molecule is CC1(C)COC(=O)C(Cl)(Cl)C1O. The highest BCUT2D eigenvalue weighted by atomic mass is 35.5. The van der Waals surface area contributed by atoms with Crippen LogP contribution in [0.5, 0.6) is 0 Å². The number of esters is 1. The summed E-state index contributed by atoms with van der Waals surface area (Å²) in [7, 11) is 0. The molecule has 3 nitrogen and oxygen atoms in total. The smallest absolute Gasteiger partial charge is 0.345 e. The fourth-order valence-corrected chi connectivity index (χ4v) is 1.73. The average Bonchev–Trinajstić information content (AvgIpc) is 1.96. The second-order valence-electron chi connectivity index (χ2n) is 3.59. The average molecular weight is 213 g/mol. The molecule has 0 radical (unpaired) electrons. The Balaban J connectivity index is 2.93. The molecule has 0 saturated carbocycles. The van der Waals surface area contributed by atoms with Gasteiger partial charge in [-0.3, -0.25) is 0 Å². The van der Waals surface area contributed by atoms with Gasteiger partial charge in [-0.1, -0.05) is 37.0 Å². The van der Waals surface area contributed by atoms with Gasteiger partial charge in [0, 0.05) is 5.41 Å². The number of carbonyl (C=O) groups is 1. The molecule has 0 amide bonds. The highest BCUT2D eigenvalue weighted by Crippen LogP contribution is 2.41. The lowest BCUT2D eigenvalue weighted by atomic mass is 9.83. The Kier molecular flexibility index (Phi) is 2.32. The van der Waals surface area contributed by atoms with Gasteiger partial charge in [-0.25, -0.2) is 4.79 Å². The first-order chi connectivity index (χ1) is 5.28. The minimum atomic E-state index is -1.83. The standard InChI is InChI=1S/C7H10Cl2O3/c1-6(2)3-12-5(11)7(8,9)4(6)10/h4,10H,3H2,1-2H3. The number of hydrogen-bond donors (Lipinski definition) is 1. The summed E-state index contributed by atoms with van der Waals surface area (Å²) in [5, 5.41) is 9.57. The molecule has 1 unspecified atom stereocenters. The van der Waals surface area contributed by atoms with Crippen molar-refractivity contribution in [1.82, 2.24) is 0 Å². The van der Waals surface area contributed by atoms with Crippen molar-refractivity contribution >= 4 is 29.2 Å². The summed E-state index contributed by atoms with van der Waals surface area (Å²) < 4.78 is 2.88. The van der Waals surface area contributed by atoms with E-state index < -0.39 is 21.8 Å². The Bertz CT molecular complexity index is 213. The molecular formula is C7H10Cl2O3. The van der Waals surface area contributed by atoms with Gasteiger partial charge in [0.1, 0.15) is 6.10 Å². The summed E-state index contributed by atoms with van der Waals surface area (Å²) in [6.07, 6.45) is -1.10. The third-order valence-corrected chi connectivity index (χ3v) is 2.65. The van der Waals surface area contributed by atoms with Gasteiger partial charge in [-0.05, 0) is 0 Å². The van der Waals surface area contributed by atoms with E-state index in [1.54, 1.807) is 13.8 Å². The van der Waals surface area contributed by atoms with Gasteiger partial charge in [0.2, 0.25) is 4.33 Å². The van der Waals surface area contributed by atoms with E-state index in [4.69, 9.17) is 27.9 Å². The Labute approximate surface area is 80.6 Å². The Morgan fingerprint density at radius 2 is 2.08 bits per heavy atom. The molecule has 1 fully saturated rings. The van der Waals surface area contributed by atoms with Crippen molar-refractivity contribution in [1.29, 1.82) is 0 Å². The van der Waals surface area contributed by atoms with Crippen LogP contribution in [-0.4, -0.2) is 28.1 Å².